The maximum atomic E-state index is 12.1. The number of ether oxygens (including phenoxy) is 1. The highest BCUT2D eigenvalue weighted by atomic mass is 16.5. The van der Waals surface area contributed by atoms with Crippen LogP contribution in [0.5, 0.6) is 0 Å². The van der Waals surface area contributed by atoms with Crippen LogP contribution in [-0.2, 0) is 9.53 Å². The van der Waals surface area contributed by atoms with Crippen molar-refractivity contribution in [3.63, 3.8) is 0 Å². The van der Waals surface area contributed by atoms with Crippen LogP contribution in [0.15, 0.2) is 0 Å². The van der Waals surface area contributed by atoms with E-state index in [1.54, 1.807) is 0 Å². The van der Waals surface area contributed by atoms with Crippen molar-refractivity contribution in [2.24, 2.45) is 5.92 Å². The van der Waals surface area contributed by atoms with Gasteiger partial charge in [-0.3, -0.25) is 9.69 Å². The van der Waals surface area contributed by atoms with Crippen molar-refractivity contribution in [3.05, 3.63) is 0 Å². The van der Waals surface area contributed by atoms with Crippen molar-refractivity contribution < 1.29 is 9.53 Å². The van der Waals surface area contributed by atoms with Gasteiger partial charge in [-0.05, 0) is 33.6 Å². The van der Waals surface area contributed by atoms with Gasteiger partial charge in [-0.2, -0.15) is 0 Å². The summed E-state index contributed by atoms with van der Waals surface area (Å²) in [5.74, 6) is 0.380. The maximum Gasteiger partial charge on any atom is 0.225 e. The van der Waals surface area contributed by atoms with Crippen LogP contribution in [-0.4, -0.2) is 59.6 Å². The normalized spacial score (nSPS) is 24.4. The SMILES string of the molecule is CC(C)C(=O)N1CCC2(CC1)CN(C(C)(C)C)CCO2. The van der Waals surface area contributed by atoms with Crippen molar-refractivity contribution in [1.82, 2.24) is 9.80 Å². The number of carbonyl (C=O) groups is 1. The topological polar surface area (TPSA) is 32.8 Å². The molecule has 0 aliphatic carbocycles. The minimum absolute atomic E-state index is 0.0285. The number of piperidine rings is 1. The van der Waals surface area contributed by atoms with Crippen LogP contribution in [0, 0.1) is 5.92 Å². The molecule has 1 amide bonds. The zero-order chi connectivity index (χ0) is 15.0. The number of hydrogen-bond acceptors (Lipinski definition) is 3. The van der Waals surface area contributed by atoms with E-state index in [-0.39, 0.29) is 23.0 Å². The van der Waals surface area contributed by atoms with Gasteiger partial charge in [0.05, 0.1) is 12.2 Å². The minimum Gasteiger partial charge on any atom is -0.372 e. The fourth-order valence-corrected chi connectivity index (χ4v) is 3.22. The second-order valence-electron chi connectivity index (χ2n) is 7.60. The molecule has 2 fully saturated rings. The smallest absolute Gasteiger partial charge is 0.225 e. The number of likely N-dealkylation sites (tertiary alicyclic amines) is 1. The fraction of sp³-hybridized carbons (Fsp3) is 0.938. The predicted octanol–water partition coefficient (Wildman–Crippen LogP) is 2.13. The first-order chi connectivity index (χ1) is 9.23. The molecule has 2 heterocycles. The molecule has 2 aliphatic rings. The summed E-state index contributed by atoms with van der Waals surface area (Å²) in [6.45, 7) is 15.3. The number of carbonyl (C=O) groups excluding carboxylic acids is 1. The van der Waals surface area contributed by atoms with E-state index in [1.165, 1.54) is 0 Å². The van der Waals surface area contributed by atoms with Gasteiger partial charge in [0.2, 0.25) is 5.91 Å². The molecule has 0 saturated carbocycles. The molecule has 4 nitrogen and oxygen atoms in total. The average Bonchev–Trinajstić information content (AvgIpc) is 2.38. The van der Waals surface area contributed by atoms with Gasteiger partial charge in [0, 0.05) is 37.6 Å². The van der Waals surface area contributed by atoms with Crippen molar-refractivity contribution in [2.75, 3.05) is 32.8 Å². The molecule has 0 N–H and O–H groups in total. The number of nitrogens with zero attached hydrogens (tertiary/aromatic N) is 2. The molecule has 2 saturated heterocycles. The van der Waals surface area contributed by atoms with Crippen molar-refractivity contribution in [1.29, 1.82) is 0 Å². The van der Waals surface area contributed by atoms with E-state index in [2.05, 4.69) is 25.7 Å². The number of morpholine rings is 1. The molecule has 2 aliphatic heterocycles. The first kappa shape index (κ1) is 15.8. The summed E-state index contributed by atoms with van der Waals surface area (Å²) < 4.78 is 6.14. The largest absolute Gasteiger partial charge is 0.372 e. The molecule has 0 atom stereocenters. The van der Waals surface area contributed by atoms with E-state index < -0.39 is 0 Å². The first-order valence-electron chi connectivity index (χ1n) is 7.91. The lowest BCUT2D eigenvalue weighted by Gasteiger charge is -2.51. The molecule has 0 aromatic rings. The summed E-state index contributed by atoms with van der Waals surface area (Å²) >= 11 is 0. The third kappa shape index (κ3) is 3.34. The molecule has 2 rings (SSSR count). The van der Waals surface area contributed by atoms with E-state index in [9.17, 15) is 4.79 Å². The maximum absolute atomic E-state index is 12.1. The Morgan fingerprint density at radius 3 is 2.25 bits per heavy atom. The Bertz CT molecular complexity index is 352. The number of rotatable bonds is 1. The fourth-order valence-electron chi connectivity index (χ4n) is 3.22. The second-order valence-corrected chi connectivity index (χ2v) is 7.60. The molecule has 0 radical (unpaired) electrons. The predicted molar refractivity (Wildman–Crippen MR) is 80.7 cm³/mol. The van der Waals surface area contributed by atoms with Crippen LogP contribution in [0.1, 0.15) is 47.5 Å². The van der Waals surface area contributed by atoms with Crippen molar-refractivity contribution >= 4 is 5.91 Å². The van der Waals surface area contributed by atoms with Crippen LogP contribution in [0.4, 0.5) is 0 Å². The number of amides is 1. The van der Waals surface area contributed by atoms with E-state index in [0.29, 0.717) is 0 Å². The zero-order valence-electron chi connectivity index (χ0n) is 13.7. The summed E-state index contributed by atoms with van der Waals surface area (Å²) in [5, 5.41) is 0. The van der Waals surface area contributed by atoms with E-state index >= 15 is 0 Å². The molecular formula is C16H30N2O2. The standard InChI is InChI=1S/C16H30N2O2/c1-13(2)14(19)17-8-6-16(7-9-17)12-18(10-11-20-16)15(3,4)5/h13H,6-12H2,1-5H3. The third-order valence-corrected chi connectivity index (χ3v) is 4.68. The Labute approximate surface area is 123 Å². The Morgan fingerprint density at radius 1 is 1.15 bits per heavy atom. The molecule has 0 bridgehead atoms. The molecule has 0 aromatic heterocycles. The molecular weight excluding hydrogens is 252 g/mol. The Morgan fingerprint density at radius 2 is 1.75 bits per heavy atom. The van der Waals surface area contributed by atoms with Crippen LogP contribution < -0.4 is 0 Å². The Hall–Kier alpha value is -0.610. The van der Waals surface area contributed by atoms with Gasteiger partial charge in [0.1, 0.15) is 0 Å². The molecule has 1 spiro atoms. The highest BCUT2D eigenvalue weighted by Crippen LogP contribution is 2.33. The van der Waals surface area contributed by atoms with Crippen LogP contribution >= 0.6 is 0 Å². The summed E-state index contributed by atoms with van der Waals surface area (Å²) in [4.78, 5) is 16.6. The van der Waals surface area contributed by atoms with Gasteiger partial charge < -0.3 is 9.64 Å². The van der Waals surface area contributed by atoms with Crippen LogP contribution in [0.2, 0.25) is 0 Å². The van der Waals surface area contributed by atoms with Crippen LogP contribution in [0.25, 0.3) is 0 Å². The van der Waals surface area contributed by atoms with E-state index in [4.69, 9.17) is 4.74 Å². The number of hydrogen-bond donors (Lipinski definition) is 0. The zero-order valence-corrected chi connectivity index (χ0v) is 13.7. The highest BCUT2D eigenvalue weighted by Gasteiger charge is 2.42. The summed E-state index contributed by atoms with van der Waals surface area (Å²) in [7, 11) is 0. The lowest BCUT2D eigenvalue weighted by Crippen LogP contribution is -2.61. The van der Waals surface area contributed by atoms with Gasteiger partial charge in [-0.1, -0.05) is 13.8 Å². The van der Waals surface area contributed by atoms with Gasteiger partial charge in [0.15, 0.2) is 0 Å². The van der Waals surface area contributed by atoms with Gasteiger partial charge >= 0.3 is 0 Å². The van der Waals surface area contributed by atoms with E-state index in [0.717, 1.165) is 45.6 Å². The molecule has 0 aromatic carbocycles. The minimum atomic E-state index is -0.0285. The van der Waals surface area contributed by atoms with Gasteiger partial charge in [-0.25, -0.2) is 0 Å². The van der Waals surface area contributed by atoms with Gasteiger partial charge in [-0.15, -0.1) is 0 Å². The second kappa shape index (κ2) is 5.64. The van der Waals surface area contributed by atoms with Crippen LogP contribution in [0.3, 0.4) is 0 Å². The summed E-state index contributed by atoms with van der Waals surface area (Å²) in [6.07, 6.45) is 1.94. The van der Waals surface area contributed by atoms with E-state index in [1.807, 2.05) is 18.7 Å². The lowest BCUT2D eigenvalue weighted by atomic mass is 9.87. The molecule has 0 unspecified atom stereocenters. The summed E-state index contributed by atoms with van der Waals surface area (Å²) in [6, 6.07) is 0. The van der Waals surface area contributed by atoms with Gasteiger partial charge in [0.25, 0.3) is 0 Å². The molecule has 116 valence electrons. The summed E-state index contributed by atoms with van der Waals surface area (Å²) in [5.41, 5.74) is 0.168. The first-order valence-corrected chi connectivity index (χ1v) is 7.91. The van der Waals surface area contributed by atoms with Crippen molar-refractivity contribution in [2.45, 2.75) is 58.6 Å². The monoisotopic (exact) mass is 282 g/mol. The lowest BCUT2D eigenvalue weighted by molar-refractivity contribution is -0.160. The quantitative estimate of drug-likeness (QED) is 0.738. The average molecular weight is 282 g/mol. The third-order valence-electron chi connectivity index (χ3n) is 4.68. The Kier molecular flexibility index (Phi) is 4.45. The Balaban J connectivity index is 1.96. The molecule has 4 heteroatoms. The molecule has 20 heavy (non-hydrogen) atoms. The highest BCUT2D eigenvalue weighted by molar-refractivity contribution is 5.78. The van der Waals surface area contributed by atoms with Crippen molar-refractivity contribution in [3.8, 4) is 0 Å².